The fraction of sp³-hybridized carbons (Fsp3) is 0.333. The summed E-state index contributed by atoms with van der Waals surface area (Å²) in [4.78, 5) is 26.9. The lowest BCUT2D eigenvalue weighted by Crippen LogP contribution is -2.22. The Morgan fingerprint density at radius 1 is 1.07 bits per heavy atom. The maximum Gasteiger partial charge on any atom is 0.337 e. The van der Waals surface area contributed by atoms with Crippen LogP contribution < -0.4 is 0 Å². The summed E-state index contributed by atoms with van der Waals surface area (Å²) in [7, 11) is 0. The first-order valence-electron chi connectivity index (χ1n) is 9.72. The van der Waals surface area contributed by atoms with E-state index in [4.69, 9.17) is 0 Å². The van der Waals surface area contributed by atoms with Crippen LogP contribution in [-0.4, -0.2) is 73.7 Å². The lowest BCUT2D eigenvalue weighted by molar-refractivity contribution is 0.0699. The SMILES string of the molecule is Cc1c(O)c(C=NCCN2CCCC2)c2nc3c(O)ccc(C(=O)O)c3nc2c1O. The highest BCUT2D eigenvalue weighted by molar-refractivity contribution is 6.08. The van der Waals surface area contributed by atoms with Gasteiger partial charge in [0, 0.05) is 18.3 Å². The van der Waals surface area contributed by atoms with Crippen molar-refractivity contribution in [2.45, 2.75) is 19.8 Å². The zero-order valence-electron chi connectivity index (χ0n) is 16.5. The molecule has 1 aliphatic heterocycles. The molecule has 2 aromatic carbocycles. The highest BCUT2D eigenvalue weighted by Crippen LogP contribution is 2.38. The van der Waals surface area contributed by atoms with Gasteiger partial charge in [-0.25, -0.2) is 14.8 Å². The normalized spacial score (nSPS) is 15.0. The van der Waals surface area contributed by atoms with Crippen molar-refractivity contribution in [3.05, 3.63) is 28.8 Å². The summed E-state index contributed by atoms with van der Waals surface area (Å²) in [6.45, 7) is 4.99. The molecule has 9 nitrogen and oxygen atoms in total. The zero-order chi connectivity index (χ0) is 21.4. The molecule has 156 valence electrons. The number of fused-ring (bicyclic) bond motifs is 2. The van der Waals surface area contributed by atoms with Gasteiger partial charge >= 0.3 is 5.97 Å². The monoisotopic (exact) mass is 410 g/mol. The number of aromatic nitrogens is 2. The number of rotatable bonds is 5. The first-order valence-corrected chi connectivity index (χ1v) is 9.72. The highest BCUT2D eigenvalue weighted by atomic mass is 16.4. The van der Waals surface area contributed by atoms with Crippen molar-refractivity contribution in [3.63, 3.8) is 0 Å². The van der Waals surface area contributed by atoms with Crippen molar-refractivity contribution in [1.29, 1.82) is 0 Å². The van der Waals surface area contributed by atoms with Crippen LogP contribution in [0.4, 0.5) is 0 Å². The van der Waals surface area contributed by atoms with Crippen LogP contribution in [0.2, 0.25) is 0 Å². The molecule has 4 N–H and O–H groups in total. The van der Waals surface area contributed by atoms with Crippen LogP contribution in [0.5, 0.6) is 17.2 Å². The molecule has 1 saturated heterocycles. The standard InChI is InChI=1S/C21H22N4O5/c1-11-19(27)13(10-22-6-9-25-7-2-3-8-25)16-18(20(11)28)24-15-12(21(29)30)4-5-14(26)17(15)23-16/h4-5,10,26-28H,2-3,6-9H2,1H3,(H,29,30). The molecule has 3 aromatic rings. The third-order valence-corrected chi connectivity index (χ3v) is 5.44. The molecule has 0 aliphatic carbocycles. The number of carbonyl (C=O) groups is 1. The molecule has 1 fully saturated rings. The first-order chi connectivity index (χ1) is 14.4. The minimum Gasteiger partial charge on any atom is -0.507 e. The van der Waals surface area contributed by atoms with Gasteiger partial charge in [0.1, 0.15) is 39.3 Å². The topological polar surface area (TPSA) is 139 Å². The van der Waals surface area contributed by atoms with Gasteiger partial charge in [-0.15, -0.1) is 0 Å². The fourth-order valence-corrected chi connectivity index (χ4v) is 3.73. The number of aromatic hydroxyl groups is 3. The molecular weight excluding hydrogens is 388 g/mol. The van der Waals surface area contributed by atoms with E-state index in [1.165, 1.54) is 38.1 Å². The molecule has 2 heterocycles. The molecule has 1 aliphatic rings. The average molecular weight is 410 g/mol. The molecule has 0 spiro atoms. The maximum atomic E-state index is 11.5. The van der Waals surface area contributed by atoms with Gasteiger partial charge in [0.15, 0.2) is 0 Å². The number of hydrogen-bond donors (Lipinski definition) is 4. The Hall–Kier alpha value is -3.46. The molecule has 0 unspecified atom stereocenters. The maximum absolute atomic E-state index is 11.5. The van der Waals surface area contributed by atoms with Gasteiger partial charge in [-0.3, -0.25) is 4.99 Å². The van der Waals surface area contributed by atoms with Crippen LogP contribution >= 0.6 is 0 Å². The summed E-state index contributed by atoms with van der Waals surface area (Å²) < 4.78 is 0. The predicted molar refractivity (Wildman–Crippen MR) is 112 cm³/mol. The van der Waals surface area contributed by atoms with Crippen molar-refractivity contribution in [2.24, 2.45) is 4.99 Å². The molecular formula is C21H22N4O5. The number of likely N-dealkylation sites (tertiary alicyclic amines) is 1. The lowest BCUT2D eigenvalue weighted by atomic mass is 10.0. The Balaban J connectivity index is 1.85. The molecule has 0 saturated carbocycles. The van der Waals surface area contributed by atoms with Crippen LogP contribution in [0.1, 0.15) is 34.3 Å². The highest BCUT2D eigenvalue weighted by Gasteiger charge is 2.21. The van der Waals surface area contributed by atoms with E-state index in [-0.39, 0.29) is 56.0 Å². The van der Waals surface area contributed by atoms with E-state index in [1.54, 1.807) is 0 Å². The summed E-state index contributed by atoms with van der Waals surface area (Å²) >= 11 is 0. The van der Waals surface area contributed by atoms with Crippen molar-refractivity contribution < 1.29 is 25.2 Å². The van der Waals surface area contributed by atoms with E-state index < -0.39 is 5.97 Å². The summed E-state index contributed by atoms with van der Waals surface area (Å²) in [6, 6.07) is 2.45. The molecule has 1 aromatic heterocycles. The van der Waals surface area contributed by atoms with Crippen molar-refractivity contribution >= 4 is 34.3 Å². The quantitative estimate of drug-likeness (QED) is 0.371. The van der Waals surface area contributed by atoms with Gasteiger partial charge < -0.3 is 25.3 Å². The number of hydrogen-bond acceptors (Lipinski definition) is 8. The molecule has 0 atom stereocenters. The van der Waals surface area contributed by atoms with Gasteiger partial charge in [0.05, 0.1) is 17.7 Å². The minimum atomic E-state index is -1.23. The van der Waals surface area contributed by atoms with Gasteiger partial charge in [-0.2, -0.15) is 0 Å². The van der Waals surface area contributed by atoms with E-state index in [2.05, 4.69) is 19.9 Å². The van der Waals surface area contributed by atoms with E-state index in [0.29, 0.717) is 6.54 Å². The summed E-state index contributed by atoms with van der Waals surface area (Å²) in [5, 5.41) is 40.7. The van der Waals surface area contributed by atoms with Crippen LogP contribution in [0.3, 0.4) is 0 Å². The molecule has 0 amide bonds. The number of aromatic carboxylic acids is 1. The van der Waals surface area contributed by atoms with E-state index in [1.807, 2.05) is 0 Å². The third kappa shape index (κ3) is 3.37. The Kier molecular flexibility index (Phi) is 5.13. The summed E-state index contributed by atoms with van der Waals surface area (Å²) in [5.41, 5.74) is 0.385. The largest absolute Gasteiger partial charge is 0.507 e. The predicted octanol–water partition coefficient (Wildman–Crippen LogP) is 2.42. The number of phenolic OH excluding ortho intramolecular Hbond substituents is 3. The van der Waals surface area contributed by atoms with Gasteiger partial charge in [0.25, 0.3) is 0 Å². The van der Waals surface area contributed by atoms with E-state index in [9.17, 15) is 25.2 Å². The molecule has 30 heavy (non-hydrogen) atoms. The number of aliphatic imine (C=N–C) groups is 1. The van der Waals surface area contributed by atoms with E-state index >= 15 is 0 Å². The second-order valence-electron chi connectivity index (χ2n) is 7.38. The van der Waals surface area contributed by atoms with Crippen LogP contribution in [0.25, 0.3) is 22.1 Å². The Morgan fingerprint density at radius 3 is 2.47 bits per heavy atom. The summed E-state index contributed by atoms with van der Waals surface area (Å²) in [5.74, 6) is -1.97. The van der Waals surface area contributed by atoms with Crippen LogP contribution in [0, 0.1) is 6.92 Å². The Morgan fingerprint density at radius 2 is 1.77 bits per heavy atom. The van der Waals surface area contributed by atoms with Gasteiger partial charge in [0.2, 0.25) is 0 Å². The molecule has 4 rings (SSSR count). The first kappa shape index (κ1) is 19.8. The molecule has 0 radical (unpaired) electrons. The number of carboxylic acids is 1. The van der Waals surface area contributed by atoms with Gasteiger partial charge in [-0.05, 0) is 45.0 Å². The number of phenols is 3. The average Bonchev–Trinajstić information content (AvgIpc) is 3.24. The smallest absolute Gasteiger partial charge is 0.337 e. The second kappa shape index (κ2) is 7.75. The van der Waals surface area contributed by atoms with Crippen molar-refractivity contribution in [2.75, 3.05) is 26.2 Å². The summed E-state index contributed by atoms with van der Waals surface area (Å²) in [6.07, 6.45) is 3.87. The van der Waals surface area contributed by atoms with Crippen molar-refractivity contribution in [3.8, 4) is 17.2 Å². The number of benzene rings is 2. The van der Waals surface area contributed by atoms with Gasteiger partial charge in [-0.1, -0.05) is 0 Å². The molecule has 9 heteroatoms. The van der Waals surface area contributed by atoms with E-state index in [0.717, 1.165) is 19.6 Å². The van der Waals surface area contributed by atoms with Crippen LogP contribution in [0.15, 0.2) is 17.1 Å². The Labute approximate surface area is 172 Å². The fourth-order valence-electron chi connectivity index (χ4n) is 3.73. The Bertz CT molecular complexity index is 1190. The zero-order valence-corrected chi connectivity index (χ0v) is 16.5. The number of carboxylic acid groups (broad SMARTS) is 1. The van der Waals surface area contributed by atoms with Crippen molar-refractivity contribution in [1.82, 2.24) is 14.9 Å². The van der Waals surface area contributed by atoms with Crippen LogP contribution in [-0.2, 0) is 0 Å². The second-order valence-corrected chi connectivity index (χ2v) is 7.38. The molecule has 0 bridgehead atoms. The number of nitrogens with zero attached hydrogens (tertiary/aromatic N) is 4. The third-order valence-electron chi connectivity index (χ3n) is 5.44. The minimum absolute atomic E-state index is 0.0308. The lowest BCUT2D eigenvalue weighted by Gasteiger charge is -2.13.